The smallest absolute Gasteiger partial charge is 0.234 e. The van der Waals surface area contributed by atoms with Gasteiger partial charge in [0.05, 0.1) is 13.2 Å². The minimum atomic E-state index is 0.0732. The van der Waals surface area contributed by atoms with E-state index < -0.39 is 0 Å². The van der Waals surface area contributed by atoms with Crippen LogP contribution in [0.5, 0.6) is 0 Å². The molecular formula is C13H26N2O2. The normalized spacial score (nSPS) is 18.4. The molecule has 0 spiro atoms. The van der Waals surface area contributed by atoms with Crippen LogP contribution in [0.2, 0.25) is 0 Å². The molecule has 0 aromatic heterocycles. The van der Waals surface area contributed by atoms with Crippen LogP contribution in [0.15, 0.2) is 0 Å². The van der Waals surface area contributed by atoms with E-state index in [4.69, 9.17) is 4.74 Å². The highest BCUT2D eigenvalue weighted by Crippen LogP contribution is 2.16. The van der Waals surface area contributed by atoms with Crippen LogP contribution in [0.4, 0.5) is 0 Å². The summed E-state index contributed by atoms with van der Waals surface area (Å²) in [7, 11) is 1.64. The summed E-state index contributed by atoms with van der Waals surface area (Å²) in [5.74, 6) is 0.0732. The standard InChI is InChI=1S/C13H26N2O2/c1-17-10-9-14-13(16)11-15-12-7-5-3-2-4-6-8-12/h12,15H,2-11H2,1H3,(H,14,16). The van der Waals surface area contributed by atoms with E-state index >= 15 is 0 Å². The van der Waals surface area contributed by atoms with Crippen molar-refractivity contribution in [2.45, 2.75) is 51.0 Å². The first-order chi connectivity index (χ1) is 8.33. The average molecular weight is 242 g/mol. The van der Waals surface area contributed by atoms with Crippen molar-refractivity contribution in [1.82, 2.24) is 10.6 Å². The third-order valence-corrected chi connectivity index (χ3v) is 3.28. The molecule has 0 aliphatic heterocycles. The van der Waals surface area contributed by atoms with Gasteiger partial charge in [0.2, 0.25) is 5.91 Å². The molecule has 0 aromatic carbocycles. The molecule has 0 saturated heterocycles. The molecule has 0 radical (unpaired) electrons. The average Bonchev–Trinajstić information content (AvgIpc) is 2.28. The highest BCUT2D eigenvalue weighted by Gasteiger charge is 2.11. The first kappa shape index (κ1) is 14.5. The van der Waals surface area contributed by atoms with Crippen molar-refractivity contribution in [3.05, 3.63) is 0 Å². The van der Waals surface area contributed by atoms with Gasteiger partial charge in [-0.1, -0.05) is 32.1 Å². The lowest BCUT2D eigenvalue weighted by molar-refractivity contribution is -0.120. The van der Waals surface area contributed by atoms with Gasteiger partial charge >= 0.3 is 0 Å². The molecule has 1 fully saturated rings. The van der Waals surface area contributed by atoms with E-state index in [0.29, 0.717) is 25.7 Å². The van der Waals surface area contributed by atoms with Crippen LogP contribution in [0.1, 0.15) is 44.9 Å². The van der Waals surface area contributed by atoms with E-state index in [1.807, 2.05) is 0 Å². The van der Waals surface area contributed by atoms with Crippen molar-refractivity contribution >= 4 is 5.91 Å². The van der Waals surface area contributed by atoms with Gasteiger partial charge in [0.1, 0.15) is 0 Å². The summed E-state index contributed by atoms with van der Waals surface area (Å²) in [5.41, 5.74) is 0. The van der Waals surface area contributed by atoms with Crippen molar-refractivity contribution < 1.29 is 9.53 Å². The van der Waals surface area contributed by atoms with Gasteiger partial charge in [-0.15, -0.1) is 0 Å². The molecule has 0 bridgehead atoms. The number of hydrogen-bond donors (Lipinski definition) is 2. The van der Waals surface area contributed by atoms with Crippen molar-refractivity contribution in [3.8, 4) is 0 Å². The van der Waals surface area contributed by atoms with E-state index in [0.717, 1.165) is 0 Å². The van der Waals surface area contributed by atoms with Crippen LogP contribution in [0.25, 0.3) is 0 Å². The molecular weight excluding hydrogens is 216 g/mol. The topological polar surface area (TPSA) is 50.4 Å². The lowest BCUT2D eigenvalue weighted by Gasteiger charge is -2.20. The van der Waals surface area contributed by atoms with Gasteiger partial charge in [-0.3, -0.25) is 4.79 Å². The summed E-state index contributed by atoms with van der Waals surface area (Å²) in [6.45, 7) is 1.62. The van der Waals surface area contributed by atoms with Crippen LogP contribution in [0.3, 0.4) is 0 Å². The Bertz CT molecular complexity index is 202. The fourth-order valence-corrected chi connectivity index (χ4v) is 2.25. The lowest BCUT2D eigenvalue weighted by atomic mass is 9.97. The molecule has 4 heteroatoms. The summed E-state index contributed by atoms with van der Waals surface area (Å²) >= 11 is 0. The molecule has 17 heavy (non-hydrogen) atoms. The van der Waals surface area contributed by atoms with Crippen molar-refractivity contribution in [1.29, 1.82) is 0 Å². The van der Waals surface area contributed by atoms with Gasteiger partial charge in [-0.2, -0.15) is 0 Å². The van der Waals surface area contributed by atoms with Gasteiger partial charge in [0.25, 0.3) is 0 Å². The molecule has 1 aliphatic rings. The fraction of sp³-hybridized carbons (Fsp3) is 0.923. The van der Waals surface area contributed by atoms with Gasteiger partial charge in [0.15, 0.2) is 0 Å². The molecule has 1 aliphatic carbocycles. The van der Waals surface area contributed by atoms with Crippen LogP contribution < -0.4 is 10.6 Å². The Morgan fingerprint density at radius 1 is 1.18 bits per heavy atom. The van der Waals surface area contributed by atoms with Gasteiger partial charge in [-0.25, -0.2) is 0 Å². The van der Waals surface area contributed by atoms with E-state index in [1.54, 1.807) is 7.11 Å². The Labute approximate surface area is 104 Å². The molecule has 1 amide bonds. The summed E-state index contributed by atoms with van der Waals surface area (Å²) < 4.78 is 4.88. The first-order valence-electron chi connectivity index (χ1n) is 6.82. The summed E-state index contributed by atoms with van der Waals surface area (Å²) in [4.78, 5) is 11.5. The van der Waals surface area contributed by atoms with Crippen molar-refractivity contribution in [3.63, 3.8) is 0 Å². The van der Waals surface area contributed by atoms with Crippen LogP contribution >= 0.6 is 0 Å². The zero-order chi connectivity index (χ0) is 12.3. The Morgan fingerprint density at radius 3 is 2.47 bits per heavy atom. The molecule has 2 N–H and O–H groups in total. The Balaban J connectivity index is 2.08. The number of carbonyl (C=O) groups is 1. The number of amides is 1. The van der Waals surface area contributed by atoms with E-state index in [1.165, 1.54) is 44.9 Å². The Kier molecular flexibility index (Phi) is 8.01. The Morgan fingerprint density at radius 2 is 1.82 bits per heavy atom. The summed E-state index contributed by atoms with van der Waals surface area (Å²) in [6, 6.07) is 0.531. The van der Waals surface area contributed by atoms with Gasteiger partial charge in [-0.05, 0) is 12.8 Å². The molecule has 100 valence electrons. The number of carbonyl (C=O) groups excluding carboxylic acids is 1. The SMILES string of the molecule is COCCNC(=O)CNC1CCCCCCC1. The molecule has 0 aromatic rings. The van der Waals surface area contributed by atoms with Crippen molar-refractivity contribution in [2.75, 3.05) is 26.8 Å². The first-order valence-corrected chi connectivity index (χ1v) is 6.82. The fourth-order valence-electron chi connectivity index (χ4n) is 2.25. The summed E-state index contributed by atoms with van der Waals surface area (Å²) in [5, 5.41) is 6.19. The van der Waals surface area contributed by atoms with Gasteiger partial charge < -0.3 is 15.4 Å². The molecule has 1 saturated carbocycles. The second-order valence-electron chi connectivity index (χ2n) is 4.77. The van der Waals surface area contributed by atoms with Crippen LogP contribution in [-0.4, -0.2) is 38.8 Å². The highest BCUT2D eigenvalue weighted by molar-refractivity contribution is 5.77. The van der Waals surface area contributed by atoms with Gasteiger partial charge in [0, 0.05) is 19.7 Å². The lowest BCUT2D eigenvalue weighted by Crippen LogP contribution is -2.40. The van der Waals surface area contributed by atoms with Crippen LogP contribution in [0, 0.1) is 0 Å². The third kappa shape index (κ3) is 7.34. The maximum atomic E-state index is 11.5. The molecule has 0 unspecified atom stereocenters. The molecule has 0 heterocycles. The largest absolute Gasteiger partial charge is 0.383 e. The number of hydrogen-bond acceptors (Lipinski definition) is 3. The monoisotopic (exact) mass is 242 g/mol. The second-order valence-corrected chi connectivity index (χ2v) is 4.77. The van der Waals surface area contributed by atoms with E-state index in [2.05, 4.69) is 10.6 Å². The minimum absolute atomic E-state index is 0.0732. The highest BCUT2D eigenvalue weighted by atomic mass is 16.5. The molecule has 4 nitrogen and oxygen atoms in total. The van der Waals surface area contributed by atoms with Crippen LogP contribution in [-0.2, 0) is 9.53 Å². The second kappa shape index (κ2) is 9.42. The zero-order valence-corrected chi connectivity index (χ0v) is 11.0. The number of nitrogens with one attached hydrogen (secondary N) is 2. The van der Waals surface area contributed by atoms with Crippen molar-refractivity contribution in [2.24, 2.45) is 0 Å². The number of methoxy groups -OCH3 is 1. The molecule has 0 atom stereocenters. The Hall–Kier alpha value is -0.610. The maximum Gasteiger partial charge on any atom is 0.234 e. The number of ether oxygens (including phenoxy) is 1. The van der Waals surface area contributed by atoms with E-state index in [9.17, 15) is 4.79 Å². The number of rotatable bonds is 6. The maximum absolute atomic E-state index is 11.5. The minimum Gasteiger partial charge on any atom is -0.383 e. The predicted molar refractivity (Wildman–Crippen MR) is 69.0 cm³/mol. The molecule has 1 rings (SSSR count). The van der Waals surface area contributed by atoms with E-state index in [-0.39, 0.29) is 5.91 Å². The predicted octanol–water partition coefficient (Wildman–Crippen LogP) is 1.45. The zero-order valence-electron chi connectivity index (χ0n) is 11.0. The summed E-state index contributed by atoms with van der Waals surface area (Å²) in [6.07, 6.45) is 9.09. The quantitative estimate of drug-likeness (QED) is 0.693. The third-order valence-electron chi connectivity index (χ3n) is 3.28.